The average molecular weight is 413 g/mol. The molecule has 5 nitrogen and oxygen atoms in total. The molecule has 1 saturated carbocycles. The van der Waals surface area contributed by atoms with Gasteiger partial charge in [-0.15, -0.1) is 0 Å². The van der Waals surface area contributed by atoms with Crippen LogP contribution in [0.15, 0.2) is 30.5 Å². The van der Waals surface area contributed by atoms with Crippen LogP contribution in [0.3, 0.4) is 0 Å². The van der Waals surface area contributed by atoms with Crippen molar-refractivity contribution < 1.29 is 27.1 Å². The summed E-state index contributed by atoms with van der Waals surface area (Å²) in [5.41, 5.74) is -2.36. The third-order valence-electron chi connectivity index (χ3n) is 5.12. The first-order valence-electron chi connectivity index (χ1n) is 9.59. The molecule has 2 unspecified atom stereocenters. The van der Waals surface area contributed by atoms with E-state index in [1.54, 1.807) is 0 Å². The Morgan fingerprint density at radius 2 is 2.00 bits per heavy atom. The van der Waals surface area contributed by atoms with Crippen LogP contribution >= 0.6 is 0 Å². The Morgan fingerprint density at radius 3 is 2.69 bits per heavy atom. The van der Waals surface area contributed by atoms with Crippen molar-refractivity contribution in [3.63, 3.8) is 0 Å². The van der Waals surface area contributed by atoms with Crippen LogP contribution in [0.2, 0.25) is 0 Å². The van der Waals surface area contributed by atoms with Crippen LogP contribution in [0.1, 0.15) is 48.7 Å². The predicted octanol–water partition coefficient (Wildman–Crippen LogP) is 4.36. The van der Waals surface area contributed by atoms with Crippen LogP contribution < -0.4 is 5.32 Å². The van der Waals surface area contributed by atoms with Gasteiger partial charge in [0.05, 0.1) is 24.5 Å². The Hall–Kier alpha value is -2.42. The maximum Gasteiger partial charge on any atom is 0.434 e. The first kappa shape index (κ1) is 21.3. The topological polar surface area (TPSA) is 56.1 Å². The second-order valence-electron chi connectivity index (χ2n) is 7.19. The van der Waals surface area contributed by atoms with E-state index >= 15 is 0 Å². The molecule has 0 aliphatic heterocycles. The van der Waals surface area contributed by atoms with E-state index in [4.69, 9.17) is 4.74 Å². The molecule has 1 aromatic heterocycles. The second kappa shape index (κ2) is 8.94. The molecule has 1 aromatic carbocycles. The van der Waals surface area contributed by atoms with Crippen molar-refractivity contribution in [1.29, 1.82) is 0 Å². The van der Waals surface area contributed by atoms with E-state index in [-0.39, 0.29) is 24.9 Å². The summed E-state index contributed by atoms with van der Waals surface area (Å²) in [5.74, 6) is -1.38. The van der Waals surface area contributed by atoms with Gasteiger partial charge in [-0.1, -0.05) is 31.9 Å². The molecule has 3 rings (SSSR count). The van der Waals surface area contributed by atoms with E-state index < -0.39 is 29.2 Å². The Balaban J connectivity index is 1.70. The number of amides is 1. The average Bonchev–Trinajstić information content (AvgIpc) is 3.12. The van der Waals surface area contributed by atoms with Crippen molar-refractivity contribution >= 4 is 5.91 Å². The molecule has 1 heterocycles. The summed E-state index contributed by atoms with van der Waals surface area (Å²) in [7, 11) is 0. The molecule has 0 radical (unpaired) electrons. The number of hydrogen-bond donors (Lipinski definition) is 1. The number of aromatic nitrogens is 2. The molecular weight excluding hydrogens is 390 g/mol. The largest absolute Gasteiger partial charge is 0.434 e. The van der Waals surface area contributed by atoms with Gasteiger partial charge in [-0.05, 0) is 30.9 Å². The maximum atomic E-state index is 14.0. The van der Waals surface area contributed by atoms with Crippen LogP contribution in [0.4, 0.5) is 17.6 Å². The number of benzene rings is 1. The fourth-order valence-electron chi connectivity index (χ4n) is 3.59. The Bertz CT molecular complexity index is 850. The van der Waals surface area contributed by atoms with Gasteiger partial charge in [-0.3, -0.25) is 4.79 Å². The highest BCUT2D eigenvalue weighted by Gasteiger charge is 2.41. The number of alkyl halides is 3. The van der Waals surface area contributed by atoms with Crippen molar-refractivity contribution in [2.75, 3.05) is 13.2 Å². The maximum absolute atomic E-state index is 14.0. The lowest BCUT2D eigenvalue weighted by Crippen LogP contribution is -2.32. The molecule has 1 N–H and O–H groups in total. The molecule has 158 valence electrons. The minimum Gasteiger partial charge on any atom is -0.376 e. The van der Waals surface area contributed by atoms with Gasteiger partial charge in [0.15, 0.2) is 5.69 Å². The molecule has 1 aliphatic rings. The van der Waals surface area contributed by atoms with Gasteiger partial charge in [0.1, 0.15) is 11.5 Å². The summed E-state index contributed by atoms with van der Waals surface area (Å²) in [5, 5.41) is 6.05. The SMILES string of the molecule is CC1CCCCC1OCCNC(=O)c1cnn(-c2ccccc2F)c1C(F)(F)F. The number of nitrogens with one attached hydrogen (secondary N) is 1. The van der Waals surface area contributed by atoms with E-state index in [2.05, 4.69) is 17.3 Å². The van der Waals surface area contributed by atoms with Gasteiger partial charge in [0, 0.05) is 6.54 Å². The van der Waals surface area contributed by atoms with Gasteiger partial charge in [0.25, 0.3) is 5.91 Å². The number of nitrogens with zero attached hydrogens (tertiary/aromatic N) is 2. The molecule has 0 bridgehead atoms. The summed E-state index contributed by atoms with van der Waals surface area (Å²) >= 11 is 0. The third-order valence-corrected chi connectivity index (χ3v) is 5.12. The molecule has 2 aromatic rings. The first-order valence-corrected chi connectivity index (χ1v) is 9.59. The van der Waals surface area contributed by atoms with Gasteiger partial charge < -0.3 is 10.1 Å². The highest BCUT2D eigenvalue weighted by molar-refractivity contribution is 5.95. The zero-order chi connectivity index (χ0) is 21.0. The highest BCUT2D eigenvalue weighted by atomic mass is 19.4. The Kier molecular flexibility index (Phi) is 6.56. The molecule has 2 atom stereocenters. The lowest BCUT2D eigenvalue weighted by Gasteiger charge is -2.28. The van der Waals surface area contributed by atoms with Crippen molar-refractivity contribution in [1.82, 2.24) is 15.1 Å². The quantitative estimate of drug-likeness (QED) is 0.566. The van der Waals surface area contributed by atoms with E-state index in [0.717, 1.165) is 31.5 Å². The molecule has 1 aliphatic carbocycles. The number of halogens is 4. The lowest BCUT2D eigenvalue weighted by molar-refractivity contribution is -0.143. The van der Waals surface area contributed by atoms with Crippen molar-refractivity contribution in [2.24, 2.45) is 5.92 Å². The highest BCUT2D eigenvalue weighted by Crippen LogP contribution is 2.34. The summed E-state index contributed by atoms with van der Waals surface area (Å²) in [6.45, 7) is 2.39. The molecule has 1 amide bonds. The van der Waals surface area contributed by atoms with Crippen molar-refractivity contribution in [3.05, 3.63) is 47.5 Å². The van der Waals surface area contributed by atoms with Gasteiger partial charge in [-0.2, -0.15) is 18.3 Å². The third kappa shape index (κ3) is 4.95. The van der Waals surface area contributed by atoms with Crippen LogP contribution in [-0.4, -0.2) is 34.9 Å². The molecule has 1 fully saturated rings. The van der Waals surface area contributed by atoms with E-state index in [0.29, 0.717) is 10.6 Å². The molecular formula is C20H23F4N3O2. The molecule has 0 saturated heterocycles. The van der Waals surface area contributed by atoms with Crippen molar-refractivity contribution in [2.45, 2.75) is 44.9 Å². The monoisotopic (exact) mass is 413 g/mol. The second-order valence-corrected chi connectivity index (χ2v) is 7.19. The summed E-state index contributed by atoms with van der Waals surface area (Å²) in [4.78, 5) is 12.3. The van der Waals surface area contributed by atoms with Gasteiger partial charge in [0.2, 0.25) is 0 Å². The fourth-order valence-corrected chi connectivity index (χ4v) is 3.59. The summed E-state index contributed by atoms with van der Waals surface area (Å²) in [6, 6.07) is 4.94. The standard InChI is InChI=1S/C20H23F4N3O2/c1-13-6-2-5-9-17(13)29-11-10-25-19(28)14-12-26-27(18(14)20(22,23)24)16-8-4-3-7-15(16)21/h3-4,7-8,12-13,17H,2,5-6,9-11H2,1H3,(H,25,28). The first-order chi connectivity index (χ1) is 13.8. The van der Waals surface area contributed by atoms with Gasteiger partial charge in [-0.25, -0.2) is 9.07 Å². The Labute approximate surface area is 166 Å². The van der Waals surface area contributed by atoms with Gasteiger partial charge >= 0.3 is 6.18 Å². The minimum absolute atomic E-state index is 0.0736. The van der Waals surface area contributed by atoms with E-state index in [9.17, 15) is 22.4 Å². The smallest absolute Gasteiger partial charge is 0.376 e. The molecule has 9 heteroatoms. The predicted molar refractivity (Wildman–Crippen MR) is 98.2 cm³/mol. The summed E-state index contributed by atoms with van der Waals surface area (Å²) in [6.07, 6.45) is 0.309. The number of carbonyl (C=O) groups excluding carboxylic acids is 1. The molecule has 0 spiro atoms. The summed E-state index contributed by atoms with van der Waals surface area (Å²) < 4.78 is 61.0. The normalized spacial score (nSPS) is 19.9. The lowest BCUT2D eigenvalue weighted by atomic mass is 9.88. The number of rotatable bonds is 6. The van der Waals surface area contributed by atoms with Crippen LogP contribution in [0.25, 0.3) is 5.69 Å². The molecule has 29 heavy (non-hydrogen) atoms. The van der Waals surface area contributed by atoms with Crippen LogP contribution in [-0.2, 0) is 10.9 Å². The van der Waals surface area contributed by atoms with Crippen molar-refractivity contribution in [3.8, 4) is 5.69 Å². The fraction of sp³-hybridized carbons (Fsp3) is 0.500. The number of ether oxygens (including phenoxy) is 1. The minimum atomic E-state index is -4.89. The number of carbonyl (C=O) groups is 1. The zero-order valence-electron chi connectivity index (χ0n) is 16.0. The van der Waals surface area contributed by atoms with E-state index in [1.165, 1.54) is 24.6 Å². The number of para-hydroxylation sites is 1. The van der Waals surface area contributed by atoms with E-state index in [1.807, 2.05) is 0 Å². The van der Waals surface area contributed by atoms with Crippen LogP contribution in [0.5, 0.6) is 0 Å². The number of hydrogen-bond acceptors (Lipinski definition) is 3. The Morgan fingerprint density at radius 1 is 1.28 bits per heavy atom. The zero-order valence-corrected chi connectivity index (χ0v) is 16.0. The van der Waals surface area contributed by atoms with Crippen LogP contribution in [0, 0.1) is 11.7 Å².